The number of rotatable bonds is 6. The zero-order chi connectivity index (χ0) is 14.4. The molecule has 2 N–H and O–H groups in total. The van der Waals surface area contributed by atoms with Crippen LogP contribution in [0.25, 0.3) is 0 Å². The van der Waals surface area contributed by atoms with Crippen molar-refractivity contribution in [2.45, 2.75) is 6.42 Å². The number of ether oxygens (including phenoxy) is 2. The Bertz CT molecular complexity index is 628. The maximum atomic E-state index is 5.28. The zero-order valence-electron chi connectivity index (χ0n) is 11.5. The number of aromatic nitrogens is 2. The first-order valence-corrected chi connectivity index (χ1v) is 6.63. The molecule has 0 bridgehead atoms. The molecule has 0 spiro atoms. The van der Waals surface area contributed by atoms with Gasteiger partial charge in [-0.1, -0.05) is 18.3 Å². The first kappa shape index (κ1) is 14.3. The first-order valence-electron chi connectivity index (χ1n) is 6.22. The lowest BCUT2D eigenvalue weighted by atomic mass is 10.1. The van der Waals surface area contributed by atoms with Gasteiger partial charge in [0.25, 0.3) is 0 Å². The van der Waals surface area contributed by atoms with E-state index in [9.17, 15) is 0 Å². The molecule has 2 aromatic rings. The minimum Gasteiger partial charge on any atom is -0.493 e. The number of nitrogens with zero attached hydrogens (tertiary/aromatic N) is 1. The van der Waals surface area contributed by atoms with Gasteiger partial charge in [-0.15, -0.1) is 0 Å². The van der Waals surface area contributed by atoms with Crippen LogP contribution < -0.4 is 14.8 Å². The number of H-pyrrole nitrogens is 1. The van der Waals surface area contributed by atoms with Crippen LogP contribution in [0.15, 0.2) is 30.6 Å². The number of hydrogen-bond acceptors (Lipinski definition) is 5. The fourth-order valence-corrected chi connectivity index (χ4v) is 2.02. The topological polar surface area (TPSA) is 59.2 Å². The van der Waals surface area contributed by atoms with E-state index in [2.05, 4.69) is 15.3 Å². The van der Waals surface area contributed by atoms with Gasteiger partial charge in [0.2, 0.25) is 0 Å². The van der Waals surface area contributed by atoms with Crippen molar-refractivity contribution in [1.82, 2.24) is 9.97 Å². The van der Waals surface area contributed by atoms with Crippen molar-refractivity contribution in [3.63, 3.8) is 0 Å². The third-order valence-electron chi connectivity index (χ3n) is 2.86. The second-order valence-corrected chi connectivity index (χ2v) is 4.58. The Labute approximate surface area is 123 Å². The largest absolute Gasteiger partial charge is 0.493 e. The molecule has 0 saturated carbocycles. The third-order valence-corrected chi connectivity index (χ3v) is 3.08. The summed E-state index contributed by atoms with van der Waals surface area (Å²) in [6, 6.07) is 7.71. The van der Waals surface area contributed by atoms with Crippen LogP contribution in [0.1, 0.15) is 5.56 Å². The highest BCUT2D eigenvalue weighted by Crippen LogP contribution is 2.27. The molecule has 0 amide bonds. The van der Waals surface area contributed by atoms with Gasteiger partial charge < -0.3 is 19.8 Å². The van der Waals surface area contributed by atoms with Crippen molar-refractivity contribution in [2.75, 3.05) is 26.1 Å². The summed E-state index contributed by atoms with van der Waals surface area (Å²) in [6.07, 6.45) is 2.45. The normalized spacial score (nSPS) is 10.1. The molecule has 0 saturated heterocycles. The first-order chi connectivity index (χ1) is 9.72. The average Bonchev–Trinajstić information content (AvgIpc) is 2.47. The maximum Gasteiger partial charge on any atom is 0.160 e. The van der Waals surface area contributed by atoms with Crippen molar-refractivity contribution in [3.05, 3.63) is 40.8 Å². The number of benzene rings is 1. The van der Waals surface area contributed by atoms with E-state index in [0.717, 1.165) is 30.3 Å². The molecule has 0 unspecified atom stereocenters. The van der Waals surface area contributed by atoms with Crippen molar-refractivity contribution in [1.29, 1.82) is 0 Å². The van der Waals surface area contributed by atoms with Crippen LogP contribution in [-0.2, 0) is 6.42 Å². The molecular formula is C14H17N3O2S. The fraction of sp³-hybridized carbons (Fsp3) is 0.286. The van der Waals surface area contributed by atoms with E-state index in [4.69, 9.17) is 21.7 Å². The van der Waals surface area contributed by atoms with Crippen LogP contribution in [0.5, 0.6) is 11.5 Å². The highest BCUT2D eigenvalue weighted by molar-refractivity contribution is 7.71. The number of methoxy groups -OCH3 is 2. The minimum atomic E-state index is 0.567. The molecule has 0 aliphatic heterocycles. The van der Waals surface area contributed by atoms with Crippen molar-refractivity contribution in [2.24, 2.45) is 0 Å². The quantitative estimate of drug-likeness (QED) is 0.801. The smallest absolute Gasteiger partial charge is 0.160 e. The summed E-state index contributed by atoms with van der Waals surface area (Å²) in [5.41, 5.74) is 1.17. The van der Waals surface area contributed by atoms with Gasteiger partial charge in [0.05, 0.1) is 20.5 Å². The van der Waals surface area contributed by atoms with Gasteiger partial charge >= 0.3 is 0 Å². The minimum absolute atomic E-state index is 0.567. The van der Waals surface area contributed by atoms with E-state index >= 15 is 0 Å². The molecule has 6 heteroatoms. The van der Waals surface area contributed by atoms with E-state index in [1.54, 1.807) is 26.6 Å². The predicted octanol–water partition coefficient (Wildman–Crippen LogP) is 2.81. The van der Waals surface area contributed by atoms with Crippen LogP contribution in [-0.4, -0.2) is 30.7 Å². The van der Waals surface area contributed by atoms with E-state index in [-0.39, 0.29) is 0 Å². The Balaban J connectivity index is 1.95. The third kappa shape index (κ3) is 3.71. The molecule has 0 aliphatic carbocycles. The molecule has 5 nitrogen and oxygen atoms in total. The lowest BCUT2D eigenvalue weighted by molar-refractivity contribution is 0.354. The molecular weight excluding hydrogens is 274 g/mol. The SMILES string of the molecule is COc1ccc(CCNc2cc(=S)nc[nH]2)cc1OC. The van der Waals surface area contributed by atoms with Crippen LogP contribution in [0.3, 0.4) is 0 Å². The summed E-state index contributed by atoms with van der Waals surface area (Å²) in [7, 11) is 3.27. The lowest BCUT2D eigenvalue weighted by Crippen LogP contribution is -2.06. The monoisotopic (exact) mass is 291 g/mol. The Morgan fingerprint density at radius 2 is 2.00 bits per heavy atom. The molecule has 0 radical (unpaired) electrons. The summed E-state index contributed by atoms with van der Waals surface area (Å²) in [6.45, 7) is 0.783. The molecule has 2 rings (SSSR count). The van der Waals surface area contributed by atoms with Crippen LogP contribution >= 0.6 is 12.2 Å². The lowest BCUT2D eigenvalue weighted by Gasteiger charge is -2.10. The zero-order valence-corrected chi connectivity index (χ0v) is 12.3. The summed E-state index contributed by atoms with van der Waals surface area (Å²) < 4.78 is 11.1. The predicted molar refractivity (Wildman–Crippen MR) is 81.2 cm³/mol. The molecule has 0 fully saturated rings. The molecule has 106 valence electrons. The number of nitrogens with one attached hydrogen (secondary N) is 2. The molecule has 1 heterocycles. The van der Waals surface area contributed by atoms with E-state index in [0.29, 0.717) is 4.64 Å². The summed E-state index contributed by atoms with van der Waals surface area (Å²) >= 11 is 5.00. The van der Waals surface area contributed by atoms with Crippen LogP contribution in [0, 0.1) is 4.64 Å². The molecule has 20 heavy (non-hydrogen) atoms. The van der Waals surface area contributed by atoms with Gasteiger partial charge in [0.1, 0.15) is 10.5 Å². The standard InChI is InChI=1S/C14H17N3O2S/c1-18-11-4-3-10(7-12(11)19-2)5-6-15-13-8-14(20)17-9-16-13/h3-4,7-9H,5-6H2,1-2H3,(H2,15,16,17,20). The number of aromatic amines is 1. The maximum absolute atomic E-state index is 5.28. The second-order valence-electron chi connectivity index (χ2n) is 4.16. The van der Waals surface area contributed by atoms with Gasteiger partial charge in [0, 0.05) is 12.6 Å². The fourth-order valence-electron chi connectivity index (χ4n) is 1.85. The highest BCUT2D eigenvalue weighted by Gasteiger charge is 2.04. The van der Waals surface area contributed by atoms with Crippen molar-refractivity contribution in [3.8, 4) is 11.5 Å². The Kier molecular flexibility index (Phi) is 4.95. The Morgan fingerprint density at radius 1 is 1.20 bits per heavy atom. The number of hydrogen-bond donors (Lipinski definition) is 2. The average molecular weight is 291 g/mol. The second kappa shape index (κ2) is 6.91. The van der Waals surface area contributed by atoms with Gasteiger partial charge in [-0.3, -0.25) is 0 Å². The number of anilines is 1. The molecule has 1 aromatic heterocycles. The highest BCUT2D eigenvalue weighted by atomic mass is 32.1. The van der Waals surface area contributed by atoms with Gasteiger partial charge in [-0.05, 0) is 24.1 Å². The van der Waals surface area contributed by atoms with E-state index in [1.807, 2.05) is 18.2 Å². The van der Waals surface area contributed by atoms with Gasteiger partial charge in [-0.2, -0.15) is 0 Å². The van der Waals surface area contributed by atoms with E-state index < -0.39 is 0 Å². The van der Waals surface area contributed by atoms with Crippen LogP contribution in [0.2, 0.25) is 0 Å². The summed E-state index contributed by atoms with van der Waals surface area (Å²) in [5.74, 6) is 2.35. The molecule has 0 atom stereocenters. The van der Waals surface area contributed by atoms with Gasteiger partial charge in [-0.25, -0.2) is 4.98 Å². The molecule has 0 aliphatic rings. The molecule has 1 aromatic carbocycles. The van der Waals surface area contributed by atoms with E-state index in [1.165, 1.54) is 5.56 Å². The van der Waals surface area contributed by atoms with Crippen molar-refractivity contribution >= 4 is 18.0 Å². The Morgan fingerprint density at radius 3 is 2.70 bits per heavy atom. The summed E-state index contributed by atoms with van der Waals surface area (Å²) in [5, 5.41) is 3.27. The summed E-state index contributed by atoms with van der Waals surface area (Å²) in [4.78, 5) is 6.94. The van der Waals surface area contributed by atoms with Gasteiger partial charge in [0.15, 0.2) is 11.5 Å². The van der Waals surface area contributed by atoms with Crippen molar-refractivity contribution < 1.29 is 9.47 Å². The van der Waals surface area contributed by atoms with Crippen LogP contribution in [0.4, 0.5) is 5.82 Å². The Hall–Kier alpha value is -2.08.